The quantitative estimate of drug-likeness (QED) is 0.215. The molecule has 0 radical (unpaired) electrons. The minimum Gasteiger partial charge on any atom is -0.480 e. The van der Waals surface area contributed by atoms with Gasteiger partial charge in [0.15, 0.2) is 0 Å². The van der Waals surface area contributed by atoms with Crippen molar-refractivity contribution >= 4 is 61.6 Å². The van der Waals surface area contributed by atoms with E-state index in [0.29, 0.717) is 0 Å². The summed E-state index contributed by atoms with van der Waals surface area (Å²) in [5.74, 6) is -4.91. The van der Waals surface area contributed by atoms with Crippen LogP contribution in [-0.4, -0.2) is 131 Å². The molecule has 0 aliphatic rings. The third-order valence-corrected chi connectivity index (χ3v) is 2.17. The molecule has 0 bridgehead atoms. The van der Waals surface area contributed by atoms with Crippen LogP contribution in [0.2, 0.25) is 0 Å². The van der Waals surface area contributed by atoms with E-state index in [9.17, 15) is 19.2 Å². The first kappa shape index (κ1) is 29.9. The number of hydrogen-bond donors (Lipinski definition) is 6. The number of aliphatic carboxylic acids is 4. The van der Waals surface area contributed by atoms with Crippen molar-refractivity contribution in [1.29, 1.82) is 0 Å². The first-order valence-corrected chi connectivity index (χ1v) is 5.52. The third kappa shape index (κ3) is 18.9. The SMILES string of the molecule is N.N.O=C(O)CN(CCN(CC(=O)O)CC(=O)O)CC(=O)O.[Ca+2]. The molecule has 0 saturated heterocycles. The molecule has 0 aromatic rings. The van der Waals surface area contributed by atoms with E-state index in [1.807, 2.05) is 0 Å². The van der Waals surface area contributed by atoms with Crippen LogP contribution in [0.4, 0.5) is 0 Å². The number of carbonyl (C=O) groups is 4. The van der Waals surface area contributed by atoms with Gasteiger partial charge in [0.1, 0.15) is 0 Å². The second kappa shape index (κ2) is 15.9. The Kier molecular flexibility index (Phi) is 20.6. The van der Waals surface area contributed by atoms with Crippen molar-refractivity contribution in [2.75, 3.05) is 39.3 Å². The van der Waals surface area contributed by atoms with Crippen molar-refractivity contribution in [1.82, 2.24) is 22.1 Å². The molecule has 0 fully saturated rings. The van der Waals surface area contributed by atoms with Gasteiger partial charge in [0.05, 0.1) is 26.2 Å². The molecule has 0 atom stereocenters. The summed E-state index contributed by atoms with van der Waals surface area (Å²) in [7, 11) is 0. The number of hydrogen-bond acceptors (Lipinski definition) is 8. The summed E-state index contributed by atoms with van der Waals surface area (Å²) in [4.78, 5) is 44.4. The molecule has 0 aromatic heterocycles. The maximum absolute atomic E-state index is 10.6. The Morgan fingerprint density at radius 3 is 0.870 bits per heavy atom. The Hall–Kier alpha value is -1.02. The molecule has 0 saturated carbocycles. The van der Waals surface area contributed by atoms with E-state index in [4.69, 9.17) is 20.4 Å². The Balaban J connectivity index is -0.000000602. The molecule has 0 amide bonds. The van der Waals surface area contributed by atoms with Crippen molar-refractivity contribution in [3.63, 3.8) is 0 Å². The topological polar surface area (TPSA) is 226 Å². The average molecular weight is 366 g/mol. The van der Waals surface area contributed by atoms with Gasteiger partial charge in [0.25, 0.3) is 0 Å². The summed E-state index contributed by atoms with van der Waals surface area (Å²) in [6.07, 6.45) is 0. The van der Waals surface area contributed by atoms with Crippen LogP contribution in [0, 0.1) is 0 Å². The van der Waals surface area contributed by atoms with Crippen LogP contribution in [0.25, 0.3) is 0 Å². The minimum atomic E-state index is -1.23. The fourth-order valence-corrected chi connectivity index (χ4v) is 1.48. The van der Waals surface area contributed by atoms with Crippen molar-refractivity contribution in [2.24, 2.45) is 0 Å². The summed E-state index contributed by atoms with van der Waals surface area (Å²) >= 11 is 0. The Labute approximate surface area is 162 Å². The van der Waals surface area contributed by atoms with Crippen molar-refractivity contribution in [3.8, 4) is 0 Å². The zero-order chi connectivity index (χ0) is 15.7. The predicted octanol–water partition coefficient (Wildman–Crippen LogP) is -2.13. The zero-order valence-electron chi connectivity index (χ0n) is 12.7. The van der Waals surface area contributed by atoms with E-state index in [1.165, 1.54) is 0 Å². The average Bonchev–Trinajstić information content (AvgIpc) is 2.22. The van der Waals surface area contributed by atoms with Gasteiger partial charge in [-0.1, -0.05) is 0 Å². The minimum absolute atomic E-state index is 0. The van der Waals surface area contributed by atoms with Gasteiger partial charge in [0, 0.05) is 13.1 Å². The molecule has 0 unspecified atom stereocenters. The van der Waals surface area contributed by atoms with Crippen molar-refractivity contribution in [3.05, 3.63) is 0 Å². The Morgan fingerprint density at radius 1 is 0.565 bits per heavy atom. The smallest absolute Gasteiger partial charge is 0.480 e. The van der Waals surface area contributed by atoms with E-state index < -0.39 is 50.1 Å². The van der Waals surface area contributed by atoms with E-state index in [1.54, 1.807) is 0 Å². The molecule has 0 aliphatic heterocycles. The van der Waals surface area contributed by atoms with Gasteiger partial charge in [-0.05, 0) is 0 Å². The van der Waals surface area contributed by atoms with Crippen LogP contribution in [0.1, 0.15) is 0 Å². The van der Waals surface area contributed by atoms with Gasteiger partial charge in [0.2, 0.25) is 0 Å². The van der Waals surface area contributed by atoms with Gasteiger partial charge in [-0.15, -0.1) is 0 Å². The number of nitrogens with zero attached hydrogens (tertiary/aromatic N) is 2. The fraction of sp³-hybridized carbons (Fsp3) is 0.600. The van der Waals surface area contributed by atoms with Gasteiger partial charge >= 0.3 is 61.6 Å². The molecule has 0 aromatic carbocycles. The largest absolute Gasteiger partial charge is 2.00 e. The Bertz CT molecular complexity index is 327. The molecule has 12 nitrogen and oxygen atoms in total. The number of carboxylic acids is 4. The maximum atomic E-state index is 10.6. The molecule has 130 valence electrons. The molecule has 0 heterocycles. The monoisotopic (exact) mass is 366 g/mol. The molecule has 13 heteroatoms. The maximum Gasteiger partial charge on any atom is 2.00 e. The molecule has 0 rings (SSSR count). The van der Waals surface area contributed by atoms with Gasteiger partial charge < -0.3 is 32.7 Å². The fourth-order valence-electron chi connectivity index (χ4n) is 1.48. The van der Waals surface area contributed by atoms with E-state index in [2.05, 4.69) is 0 Å². The van der Waals surface area contributed by atoms with Crippen LogP contribution < -0.4 is 12.3 Å². The number of carboxylic acid groups (broad SMARTS) is 4. The molecule has 0 spiro atoms. The normalized spacial score (nSPS) is 9.30. The molecular weight excluding hydrogens is 344 g/mol. The summed E-state index contributed by atoms with van der Waals surface area (Å²) in [5, 5.41) is 34.5. The molecule has 0 aliphatic carbocycles. The summed E-state index contributed by atoms with van der Waals surface area (Å²) in [6.45, 7) is -2.25. The molecular formula is C10H22CaN4O8+2. The molecule has 10 N–H and O–H groups in total. The van der Waals surface area contributed by atoms with Gasteiger partial charge in [-0.2, -0.15) is 0 Å². The summed E-state index contributed by atoms with van der Waals surface area (Å²) < 4.78 is 0. The van der Waals surface area contributed by atoms with E-state index in [0.717, 1.165) is 9.80 Å². The first-order valence-electron chi connectivity index (χ1n) is 5.52. The van der Waals surface area contributed by atoms with Crippen LogP contribution in [0.5, 0.6) is 0 Å². The number of rotatable bonds is 11. The van der Waals surface area contributed by atoms with Crippen LogP contribution in [-0.2, 0) is 19.2 Å². The Morgan fingerprint density at radius 2 is 0.739 bits per heavy atom. The van der Waals surface area contributed by atoms with E-state index >= 15 is 0 Å². The van der Waals surface area contributed by atoms with Crippen LogP contribution in [0.3, 0.4) is 0 Å². The van der Waals surface area contributed by atoms with Crippen molar-refractivity contribution in [2.45, 2.75) is 0 Å². The third-order valence-electron chi connectivity index (χ3n) is 2.17. The first-order chi connectivity index (χ1) is 9.20. The summed E-state index contributed by atoms with van der Waals surface area (Å²) in [5.41, 5.74) is 0. The van der Waals surface area contributed by atoms with Crippen LogP contribution >= 0.6 is 0 Å². The predicted molar refractivity (Wildman–Crippen MR) is 79.2 cm³/mol. The van der Waals surface area contributed by atoms with Crippen LogP contribution in [0.15, 0.2) is 0 Å². The molecule has 23 heavy (non-hydrogen) atoms. The van der Waals surface area contributed by atoms with Gasteiger partial charge in [-0.25, -0.2) is 0 Å². The second-order valence-corrected chi connectivity index (χ2v) is 4.00. The van der Waals surface area contributed by atoms with E-state index in [-0.39, 0.29) is 63.1 Å². The van der Waals surface area contributed by atoms with Crippen molar-refractivity contribution < 1.29 is 39.6 Å². The standard InChI is InChI=1S/C10H16N2O8.Ca.2H3N/c13-7(14)3-11(4-8(15)16)1-2-12(5-9(17)18)6-10(19)20;;;/h1-6H2,(H,13,14)(H,15,16)(H,17,18)(H,19,20);;2*1H3/q;+2;;. The zero-order valence-corrected chi connectivity index (χ0v) is 14.9. The van der Waals surface area contributed by atoms with Gasteiger partial charge in [-0.3, -0.25) is 29.0 Å². The second-order valence-electron chi connectivity index (χ2n) is 4.00. The summed E-state index contributed by atoms with van der Waals surface area (Å²) in [6, 6.07) is 0.